The van der Waals surface area contributed by atoms with Crippen LogP contribution in [0.2, 0.25) is 10.0 Å². The molecule has 1 atom stereocenters. The van der Waals surface area contributed by atoms with Gasteiger partial charge in [0, 0.05) is 35.8 Å². The lowest BCUT2D eigenvalue weighted by Gasteiger charge is -2.19. The summed E-state index contributed by atoms with van der Waals surface area (Å²) in [5, 5.41) is 1.05. The van der Waals surface area contributed by atoms with E-state index in [4.69, 9.17) is 27.9 Å². The lowest BCUT2D eigenvalue weighted by molar-refractivity contribution is 0.0763. The van der Waals surface area contributed by atoms with Gasteiger partial charge in [-0.3, -0.25) is 4.79 Å². The first-order valence-corrected chi connectivity index (χ1v) is 8.07. The van der Waals surface area contributed by atoms with E-state index >= 15 is 0 Å². The van der Waals surface area contributed by atoms with E-state index < -0.39 is 0 Å². The molecule has 0 spiro atoms. The smallest absolute Gasteiger partial charge is 0.253 e. The van der Waals surface area contributed by atoms with Crippen LogP contribution in [0.5, 0.6) is 0 Å². The fourth-order valence-corrected chi connectivity index (χ4v) is 3.01. The van der Waals surface area contributed by atoms with E-state index in [0.717, 1.165) is 37.9 Å². The molecule has 1 heterocycles. The third kappa shape index (κ3) is 4.35. The monoisotopic (exact) mass is 329 g/mol. The van der Waals surface area contributed by atoms with Crippen LogP contribution < -0.4 is 0 Å². The zero-order valence-electron chi connectivity index (χ0n) is 12.5. The zero-order valence-corrected chi connectivity index (χ0v) is 14.0. The molecule has 1 aliphatic rings. The molecule has 5 heteroatoms. The van der Waals surface area contributed by atoms with E-state index in [-0.39, 0.29) is 5.91 Å². The van der Waals surface area contributed by atoms with Gasteiger partial charge in [0.2, 0.25) is 0 Å². The summed E-state index contributed by atoms with van der Waals surface area (Å²) in [7, 11) is 1.81. The highest BCUT2D eigenvalue weighted by Gasteiger charge is 2.17. The molecule has 1 amide bonds. The number of amides is 1. The van der Waals surface area contributed by atoms with Gasteiger partial charge in [-0.05, 0) is 50.3 Å². The second-order valence-electron chi connectivity index (χ2n) is 5.57. The van der Waals surface area contributed by atoms with Crippen molar-refractivity contribution in [2.75, 3.05) is 20.2 Å². The lowest BCUT2D eigenvalue weighted by Crippen LogP contribution is -2.28. The summed E-state index contributed by atoms with van der Waals surface area (Å²) in [5.74, 6) is -0.0499. The van der Waals surface area contributed by atoms with Crippen molar-refractivity contribution in [3.63, 3.8) is 0 Å². The summed E-state index contributed by atoms with van der Waals surface area (Å²) >= 11 is 12.2. The number of nitrogens with zero attached hydrogens (tertiary/aromatic N) is 1. The Hall–Kier alpha value is -0.770. The standard InChI is InChI=1S/C16H21Cl2NO2/c1-11-14(17)9-12(10-15(11)18)16(20)19(2)7-3-5-13-6-4-8-21-13/h9-10,13H,3-8H2,1-2H3/t13-/m0/s1. The SMILES string of the molecule is Cc1c(Cl)cc(C(=O)N(C)CCC[C@H]2CCCO2)cc1Cl. The highest BCUT2D eigenvalue weighted by Crippen LogP contribution is 2.26. The Kier molecular flexibility index (Phi) is 5.91. The first-order chi connectivity index (χ1) is 9.99. The van der Waals surface area contributed by atoms with Crippen LogP contribution in [0.25, 0.3) is 0 Å². The number of carbonyl (C=O) groups excluding carboxylic acids is 1. The average molecular weight is 330 g/mol. The summed E-state index contributed by atoms with van der Waals surface area (Å²) in [6, 6.07) is 3.36. The molecular weight excluding hydrogens is 309 g/mol. The predicted molar refractivity (Wildman–Crippen MR) is 86.4 cm³/mol. The van der Waals surface area contributed by atoms with Gasteiger partial charge in [-0.1, -0.05) is 23.2 Å². The van der Waals surface area contributed by atoms with Crippen molar-refractivity contribution in [2.24, 2.45) is 0 Å². The number of ether oxygens (including phenoxy) is 1. The number of carbonyl (C=O) groups is 1. The Morgan fingerprint density at radius 2 is 2.05 bits per heavy atom. The Labute approximate surface area is 136 Å². The van der Waals surface area contributed by atoms with Crippen LogP contribution in [-0.2, 0) is 4.74 Å². The van der Waals surface area contributed by atoms with Crippen LogP contribution in [0.3, 0.4) is 0 Å². The Balaban J connectivity index is 1.89. The Bertz CT molecular complexity index is 490. The summed E-state index contributed by atoms with van der Waals surface area (Å²) in [6.45, 7) is 3.42. The third-order valence-corrected chi connectivity index (χ3v) is 4.70. The maximum absolute atomic E-state index is 12.4. The molecule has 1 saturated heterocycles. The zero-order chi connectivity index (χ0) is 15.4. The predicted octanol–water partition coefficient (Wildman–Crippen LogP) is 4.33. The normalized spacial score (nSPS) is 18.0. The van der Waals surface area contributed by atoms with Gasteiger partial charge >= 0.3 is 0 Å². The molecule has 0 radical (unpaired) electrons. The van der Waals surface area contributed by atoms with E-state index in [1.165, 1.54) is 0 Å². The van der Waals surface area contributed by atoms with Crippen LogP contribution in [-0.4, -0.2) is 37.1 Å². The van der Waals surface area contributed by atoms with Crippen LogP contribution in [0.1, 0.15) is 41.6 Å². The fraction of sp³-hybridized carbons (Fsp3) is 0.562. The molecule has 1 fully saturated rings. The second kappa shape index (κ2) is 7.48. The van der Waals surface area contributed by atoms with E-state index in [9.17, 15) is 4.79 Å². The van der Waals surface area contributed by atoms with Crippen LogP contribution in [0.15, 0.2) is 12.1 Å². The summed E-state index contributed by atoms with van der Waals surface area (Å²) in [4.78, 5) is 14.1. The second-order valence-corrected chi connectivity index (χ2v) is 6.38. The maximum Gasteiger partial charge on any atom is 0.253 e. The van der Waals surface area contributed by atoms with Crippen LogP contribution >= 0.6 is 23.2 Å². The van der Waals surface area contributed by atoms with Crippen molar-refractivity contribution in [2.45, 2.75) is 38.7 Å². The quantitative estimate of drug-likeness (QED) is 0.804. The minimum Gasteiger partial charge on any atom is -0.378 e. The topological polar surface area (TPSA) is 29.5 Å². The van der Waals surface area contributed by atoms with Gasteiger partial charge in [0.25, 0.3) is 5.91 Å². The van der Waals surface area contributed by atoms with Crippen molar-refractivity contribution in [1.82, 2.24) is 4.90 Å². The fourth-order valence-electron chi connectivity index (χ4n) is 2.52. The first kappa shape index (κ1) is 16.6. The molecule has 0 unspecified atom stereocenters. The van der Waals surface area contributed by atoms with Crippen molar-refractivity contribution < 1.29 is 9.53 Å². The van der Waals surface area contributed by atoms with Crippen molar-refractivity contribution in [3.05, 3.63) is 33.3 Å². The largest absolute Gasteiger partial charge is 0.378 e. The molecule has 2 rings (SSSR count). The number of hydrogen-bond donors (Lipinski definition) is 0. The molecule has 0 aromatic heterocycles. The molecule has 0 saturated carbocycles. The van der Waals surface area contributed by atoms with Gasteiger partial charge < -0.3 is 9.64 Å². The molecular formula is C16H21Cl2NO2. The number of rotatable bonds is 5. The van der Waals surface area contributed by atoms with Gasteiger partial charge in [0.15, 0.2) is 0 Å². The molecule has 0 N–H and O–H groups in total. The average Bonchev–Trinajstić information content (AvgIpc) is 2.96. The molecule has 1 aromatic carbocycles. The number of halogens is 2. The number of benzene rings is 1. The first-order valence-electron chi connectivity index (χ1n) is 7.31. The highest BCUT2D eigenvalue weighted by atomic mass is 35.5. The molecule has 21 heavy (non-hydrogen) atoms. The van der Waals surface area contributed by atoms with Crippen molar-refractivity contribution in [3.8, 4) is 0 Å². The summed E-state index contributed by atoms with van der Waals surface area (Å²) in [5.41, 5.74) is 1.34. The molecule has 116 valence electrons. The van der Waals surface area contributed by atoms with Crippen molar-refractivity contribution in [1.29, 1.82) is 0 Å². The van der Waals surface area contributed by atoms with Gasteiger partial charge in [0.05, 0.1) is 6.10 Å². The minimum absolute atomic E-state index is 0.0499. The number of hydrogen-bond acceptors (Lipinski definition) is 2. The Morgan fingerprint density at radius 3 is 2.62 bits per heavy atom. The summed E-state index contributed by atoms with van der Waals surface area (Å²) < 4.78 is 5.59. The minimum atomic E-state index is -0.0499. The lowest BCUT2D eigenvalue weighted by atomic mass is 10.1. The van der Waals surface area contributed by atoms with Gasteiger partial charge in [0.1, 0.15) is 0 Å². The maximum atomic E-state index is 12.4. The Morgan fingerprint density at radius 1 is 1.38 bits per heavy atom. The van der Waals surface area contributed by atoms with Gasteiger partial charge in [-0.2, -0.15) is 0 Å². The molecule has 3 nitrogen and oxygen atoms in total. The van der Waals surface area contributed by atoms with Gasteiger partial charge in [-0.15, -0.1) is 0 Å². The molecule has 1 aromatic rings. The molecule has 1 aliphatic heterocycles. The van der Waals surface area contributed by atoms with Gasteiger partial charge in [-0.25, -0.2) is 0 Å². The van der Waals surface area contributed by atoms with Crippen LogP contribution in [0, 0.1) is 6.92 Å². The van der Waals surface area contributed by atoms with Crippen LogP contribution in [0.4, 0.5) is 0 Å². The van der Waals surface area contributed by atoms with Crippen molar-refractivity contribution >= 4 is 29.1 Å². The molecule has 0 bridgehead atoms. The van der Waals surface area contributed by atoms with E-state index in [0.29, 0.717) is 28.3 Å². The van der Waals surface area contributed by atoms with E-state index in [2.05, 4.69) is 0 Å². The third-order valence-electron chi connectivity index (χ3n) is 3.92. The highest BCUT2D eigenvalue weighted by molar-refractivity contribution is 6.36. The van der Waals surface area contributed by atoms with E-state index in [1.807, 2.05) is 6.92 Å². The molecule has 0 aliphatic carbocycles. The summed E-state index contributed by atoms with van der Waals surface area (Å²) in [6.07, 6.45) is 4.62. The van der Waals surface area contributed by atoms with E-state index in [1.54, 1.807) is 24.1 Å².